The van der Waals surface area contributed by atoms with Crippen molar-refractivity contribution in [1.29, 1.82) is 0 Å². The molecule has 7 nitrogen and oxygen atoms in total. The predicted octanol–water partition coefficient (Wildman–Crippen LogP) is 0.459. The Kier molecular flexibility index (Phi) is 4.21. The van der Waals surface area contributed by atoms with Gasteiger partial charge in [0.2, 0.25) is 0 Å². The van der Waals surface area contributed by atoms with Crippen molar-refractivity contribution < 1.29 is 18.3 Å². The lowest BCUT2D eigenvalue weighted by atomic mass is 10.4. The number of nitrogens with one attached hydrogen (secondary N) is 1. The van der Waals surface area contributed by atoms with Gasteiger partial charge < -0.3 is 5.11 Å². The molecule has 0 aliphatic carbocycles. The third-order valence-electron chi connectivity index (χ3n) is 1.61. The summed E-state index contributed by atoms with van der Waals surface area (Å²) in [5.74, 6) is -1.08. The van der Waals surface area contributed by atoms with Crippen molar-refractivity contribution in [3.8, 4) is 0 Å². The van der Waals surface area contributed by atoms with Gasteiger partial charge in [-0.2, -0.15) is 12.7 Å². The summed E-state index contributed by atoms with van der Waals surface area (Å²) in [4.78, 5) is 14.6. The molecule has 1 aromatic heterocycles. The Morgan fingerprint density at radius 2 is 2.24 bits per heavy atom. The van der Waals surface area contributed by atoms with E-state index < -0.39 is 16.2 Å². The molecule has 0 aliphatic heterocycles. The quantitative estimate of drug-likeness (QED) is 0.762. The van der Waals surface area contributed by atoms with Crippen LogP contribution in [0.5, 0.6) is 0 Å². The van der Waals surface area contributed by atoms with Gasteiger partial charge in [0.1, 0.15) is 0 Å². The molecule has 0 aromatic carbocycles. The van der Waals surface area contributed by atoms with Crippen molar-refractivity contribution in [2.75, 3.05) is 18.8 Å². The maximum atomic E-state index is 11.4. The first-order chi connectivity index (χ1) is 7.81. The molecule has 0 saturated carbocycles. The molecule has 0 atom stereocenters. The molecule has 0 saturated heterocycles. The van der Waals surface area contributed by atoms with Gasteiger partial charge in [-0.05, 0) is 6.08 Å². The van der Waals surface area contributed by atoms with Crippen molar-refractivity contribution in [3.63, 3.8) is 0 Å². The van der Waals surface area contributed by atoms with Crippen molar-refractivity contribution in [2.45, 2.75) is 0 Å². The number of aromatic nitrogens is 1. The van der Waals surface area contributed by atoms with E-state index >= 15 is 0 Å². The molecular weight excluding hydrogens is 266 g/mol. The standard InChI is InChI=1S/C8H11N3O4S2/c1-11(2)17(14,15)10-8-9-5-6(16-8)3-4-7(12)13/h3-5H,1-2H3,(H,9,10)(H,12,13)/b4-3+. The lowest BCUT2D eigenvalue weighted by molar-refractivity contribution is -0.131. The van der Waals surface area contributed by atoms with Gasteiger partial charge in [-0.1, -0.05) is 11.3 Å². The van der Waals surface area contributed by atoms with Crippen LogP contribution in [-0.4, -0.2) is 42.9 Å². The van der Waals surface area contributed by atoms with Crippen molar-refractivity contribution in [1.82, 2.24) is 9.29 Å². The largest absolute Gasteiger partial charge is 0.478 e. The molecule has 0 amide bonds. The van der Waals surface area contributed by atoms with Crippen LogP contribution in [0.4, 0.5) is 5.13 Å². The molecule has 0 bridgehead atoms. The SMILES string of the molecule is CN(C)S(=O)(=O)Nc1ncc(/C=C/C(=O)O)s1. The van der Waals surface area contributed by atoms with E-state index in [-0.39, 0.29) is 5.13 Å². The minimum absolute atomic E-state index is 0.184. The number of thiazole rings is 1. The first kappa shape index (κ1) is 13.6. The Bertz CT molecular complexity index is 533. The van der Waals surface area contributed by atoms with Crippen LogP contribution in [0.3, 0.4) is 0 Å². The minimum Gasteiger partial charge on any atom is -0.478 e. The lowest BCUT2D eigenvalue weighted by Crippen LogP contribution is -2.28. The van der Waals surface area contributed by atoms with Gasteiger partial charge in [-0.25, -0.2) is 14.5 Å². The van der Waals surface area contributed by atoms with Crippen molar-refractivity contribution >= 4 is 38.7 Å². The Morgan fingerprint density at radius 1 is 1.59 bits per heavy atom. The first-order valence-corrected chi connectivity index (χ1v) is 6.64. The van der Waals surface area contributed by atoms with E-state index in [1.807, 2.05) is 0 Å². The predicted molar refractivity (Wildman–Crippen MR) is 65.0 cm³/mol. The van der Waals surface area contributed by atoms with Crippen LogP contribution in [0.25, 0.3) is 6.08 Å². The van der Waals surface area contributed by atoms with Gasteiger partial charge >= 0.3 is 16.2 Å². The first-order valence-electron chi connectivity index (χ1n) is 4.38. The number of carboxylic acid groups (broad SMARTS) is 1. The third-order valence-corrected chi connectivity index (χ3v) is 4.03. The number of carbonyl (C=O) groups is 1. The van der Waals surface area contributed by atoms with Crippen LogP contribution in [0.2, 0.25) is 0 Å². The molecule has 1 aromatic rings. The number of aliphatic carboxylic acids is 1. The van der Waals surface area contributed by atoms with E-state index in [4.69, 9.17) is 5.11 Å². The van der Waals surface area contributed by atoms with Crippen LogP contribution >= 0.6 is 11.3 Å². The van der Waals surface area contributed by atoms with E-state index in [2.05, 4.69) is 9.71 Å². The zero-order valence-corrected chi connectivity index (χ0v) is 10.7. The van der Waals surface area contributed by atoms with Gasteiger partial charge in [-0.3, -0.25) is 0 Å². The van der Waals surface area contributed by atoms with Crippen LogP contribution in [-0.2, 0) is 15.0 Å². The highest BCUT2D eigenvalue weighted by molar-refractivity contribution is 7.90. The topological polar surface area (TPSA) is 99.6 Å². The molecule has 94 valence electrons. The van der Waals surface area contributed by atoms with E-state index in [0.717, 1.165) is 21.7 Å². The average Bonchev–Trinajstić information content (AvgIpc) is 2.61. The molecule has 1 heterocycles. The minimum atomic E-state index is -3.58. The Balaban J connectivity index is 2.80. The average molecular weight is 277 g/mol. The van der Waals surface area contributed by atoms with Gasteiger partial charge in [-0.15, -0.1) is 0 Å². The summed E-state index contributed by atoms with van der Waals surface area (Å²) in [6.07, 6.45) is 3.68. The summed E-state index contributed by atoms with van der Waals surface area (Å²) in [5, 5.41) is 8.60. The van der Waals surface area contributed by atoms with E-state index in [1.54, 1.807) is 0 Å². The zero-order chi connectivity index (χ0) is 13.1. The molecular formula is C8H11N3O4S2. The maximum Gasteiger partial charge on any atom is 0.328 e. The number of anilines is 1. The molecule has 0 unspecified atom stereocenters. The summed E-state index contributed by atoms with van der Waals surface area (Å²) in [5.41, 5.74) is 0. The number of hydrogen-bond donors (Lipinski definition) is 2. The zero-order valence-electron chi connectivity index (χ0n) is 9.11. The molecule has 1 rings (SSSR count). The summed E-state index contributed by atoms with van der Waals surface area (Å²) in [6.45, 7) is 0. The summed E-state index contributed by atoms with van der Waals surface area (Å²) in [7, 11) is -0.798. The van der Waals surface area contributed by atoms with Gasteiger partial charge in [0, 0.05) is 31.2 Å². The van der Waals surface area contributed by atoms with Gasteiger partial charge in [0.25, 0.3) is 0 Å². The molecule has 2 N–H and O–H groups in total. The number of rotatable bonds is 5. The number of nitrogens with zero attached hydrogens (tertiary/aromatic N) is 2. The van der Waals surface area contributed by atoms with E-state index in [9.17, 15) is 13.2 Å². The fourth-order valence-corrected chi connectivity index (χ4v) is 2.27. The Hall–Kier alpha value is -1.45. The van der Waals surface area contributed by atoms with E-state index in [0.29, 0.717) is 4.88 Å². The smallest absolute Gasteiger partial charge is 0.328 e. The Morgan fingerprint density at radius 3 is 2.76 bits per heavy atom. The van der Waals surface area contributed by atoms with Crippen LogP contribution in [0.15, 0.2) is 12.3 Å². The summed E-state index contributed by atoms with van der Waals surface area (Å²) >= 11 is 1.04. The monoisotopic (exact) mass is 277 g/mol. The third kappa shape index (κ3) is 4.13. The fraction of sp³-hybridized carbons (Fsp3) is 0.250. The molecule has 0 radical (unpaired) electrons. The fourth-order valence-electron chi connectivity index (χ4n) is 0.766. The molecule has 0 aliphatic rings. The maximum absolute atomic E-state index is 11.4. The van der Waals surface area contributed by atoms with Crippen molar-refractivity contribution in [2.24, 2.45) is 0 Å². The number of carboxylic acids is 1. The lowest BCUT2D eigenvalue weighted by Gasteiger charge is -2.10. The molecule has 17 heavy (non-hydrogen) atoms. The van der Waals surface area contributed by atoms with Gasteiger partial charge in [0.15, 0.2) is 5.13 Å². The van der Waals surface area contributed by atoms with Gasteiger partial charge in [0.05, 0.1) is 0 Å². The second kappa shape index (κ2) is 5.25. The number of hydrogen-bond acceptors (Lipinski definition) is 5. The second-order valence-electron chi connectivity index (χ2n) is 3.13. The highest BCUT2D eigenvalue weighted by Crippen LogP contribution is 2.20. The van der Waals surface area contributed by atoms with Crippen LogP contribution < -0.4 is 4.72 Å². The highest BCUT2D eigenvalue weighted by atomic mass is 32.2. The highest BCUT2D eigenvalue weighted by Gasteiger charge is 2.14. The second-order valence-corrected chi connectivity index (χ2v) is 6.08. The molecule has 0 fully saturated rings. The summed E-state index contributed by atoms with van der Waals surface area (Å²) < 4.78 is 26.2. The van der Waals surface area contributed by atoms with Crippen molar-refractivity contribution in [3.05, 3.63) is 17.2 Å². The van der Waals surface area contributed by atoms with E-state index in [1.165, 1.54) is 26.4 Å². The molecule has 9 heteroatoms. The Labute approximate surface area is 103 Å². The normalized spacial score (nSPS) is 12.2. The molecule has 0 spiro atoms. The van der Waals surface area contributed by atoms with Crippen LogP contribution in [0.1, 0.15) is 4.88 Å². The van der Waals surface area contributed by atoms with Crippen LogP contribution in [0, 0.1) is 0 Å². The summed E-state index contributed by atoms with van der Waals surface area (Å²) in [6, 6.07) is 0.